The topological polar surface area (TPSA) is 38.0 Å². The summed E-state index contributed by atoms with van der Waals surface area (Å²) in [6.45, 7) is 0. The zero-order valence-electron chi connectivity index (χ0n) is 13.5. The molecule has 5 fully saturated rings. The average Bonchev–Trinajstić information content (AvgIpc) is 3.03. The largest absolute Gasteiger partial charge is 0.393 e. The van der Waals surface area contributed by atoms with E-state index in [1.54, 1.807) is 0 Å². The monoisotopic (exact) mass is 300 g/mol. The lowest BCUT2D eigenvalue weighted by Crippen LogP contribution is -2.58. The lowest BCUT2D eigenvalue weighted by Gasteiger charge is -2.59. The fourth-order valence-electron chi connectivity index (χ4n) is 6.63. The summed E-state index contributed by atoms with van der Waals surface area (Å²) < 4.78 is 2.46. The Hall–Kier alpha value is -0.830. The molecule has 120 valence electrons. The van der Waals surface area contributed by atoms with Crippen LogP contribution >= 0.6 is 0 Å². The van der Waals surface area contributed by atoms with Crippen LogP contribution in [0.2, 0.25) is 0 Å². The van der Waals surface area contributed by atoms with E-state index in [0.717, 1.165) is 11.8 Å². The standard InChI is InChI=1S/C19H28N2O/c22-18-15-8-13-9-16(18)12-19(10-13,11-15)21-17(6-7-20-21)14-4-2-1-3-5-14/h6-7,13-16,18,22H,1-5,8-12H2. The Labute approximate surface area is 133 Å². The second-order valence-electron chi connectivity index (χ2n) is 8.69. The quantitative estimate of drug-likeness (QED) is 0.901. The maximum Gasteiger partial charge on any atom is 0.0640 e. The molecular formula is C19H28N2O. The number of nitrogens with zero attached hydrogens (tertiary/aromatic N) is 2. The van der Waals surface area contributed by atoms with Gasteiger partial charge in [0.15, 0.2) is 0 Å². The van der Waals surface area contributed by atoms with Crippen molar-refractivity contribution in [2.75, 3.05) is 0 Å². The van der Waals surface area contributed by atoms with Gasteiger partial charge in [0, 0.05) is 17.8 Å². The van der Waals surface area contributed by atoms with Gasteiger partial charge in [-0.15, -0.1) is 0 Å². The molecule has 5 aliphatic rings. The van der Waals surface area contributed by atoms with Gasteiger partial charge in [0.1, 0.15) is 0 Å². The van der Waals surface area contributed by atoms with Crippen LogP contribution in [0.3, 0.4) is 0 Å². The van der Waals surface area contributed by atoms with E-state index >= 15 is 0 Å². The first-order valence-corrected chi connectivity index (χ1v) is 9.48. The van der Waals surface area contributed by atoms with E-state index in [0.29, 0.717) is 11.8 Å². The molecule has 2 unspecified atom stereocenters. The molecule has 0 aliphatic heterocycles. The van der Waals surface area contributed by atoms with Crippen molar-refractivity contribution in [3.63, 3.8) is 0 Å². The molecule has 2 atom stereocenters. The van der Waals surface area contributed by atoms with Crippen molar-refractivity contribution in [3.8, 4) is 0 Å². The molecule has 6 rings (SSSR count). The van der Waals surface area contributed by atoms with Gasteiger partial charge in [-0.3, -0.25) is 4.68 Å². The van der Waals surface area contributed by atoms with Crippen LogP contribution in [0, 0.1) is 17.8 Å². The molecule has 5 saturated carbocycles. The highest BCUT2D eigenvalue weighted by Crippen LogP contribution is 2.59. The molecule has 0 amide bonds. The molecule has 0 spiro atoms. The molecule has 0 aromatic carbocycles. The van der Waals surface area contributed by atoms with Crippen LogP contribution in [0.5, 0.6) is 0 Å². The van der Waals surface area contributed by atoms with Crippen molar-refractivity contribution in [2.45, 2.75) is 81.8 Å². The molecule has 0 saturated heterocycles. The van der Waals surface area contributed by atoms with Crippen molar-refractivity contribution in [3.05, 3.63) is 18.0 Å². The van der Waals surface area contributed by atoms with Crippen molar-refractivity contribution in [1.29, 1.82) is 0 Å². The third-order valence-electron chi connectivity index (χ3n) is 7.34. The van der Waals surface area contributed by atoms with Gasteiger partial charge in [0.2, 0.25) is 0 Å². The highest BCUT2D eigenvalue weighted by Gasteiger charge is 2.56. The smallest absolute Gasteiger partial charge is 0.0640 e. The van der Waals surface area contributed by atoms with Gasteiger partial charge in [-0.1, -0.05) is 19.3 Å². The third-order valence-corrected chi connectivity index (χ3v) is 7.34. The lowest BCUT2D eigenvalue weighted by molar-refractivity contribution is -0.131. The normalized spacial score (nSPS) is 44.6. The fourth-order valence-corrected chi connectivity index (χ4v) is 6.63. The number of rotatable bonds is 2. The first-order chi connectivity index (χ1) is 10.8. The third kappa shape index (κ3) is 1.87. The predicted molar refractivity (Wildman–Crippen MR) is 85.6 cm³/mol. The summed E-state index contributed by atoms with van der Waals surface area (Å²) in [6, 6.07) is 2.30. The maximum absolute atomic E-state index is 10.5. The van der Waals surface area contributed by atoms with E-state index in [1.165, 1.54) is 69.9 Å². The molecule has 4 bridgehead atoms. The minimum absolute atomic E-state index is 0.0293. The first-order valence-electron chi connectivity index (χ1n) is 9.48. The number of aromatic nitrogens is 2. The van der Waals surface area contributed by atoms with Crippen LogP contribution in [0.4, 0.5) is 0 Å². The Balaban J connectivity index is 1.51. The van der Waals surface area contributed by atoms with Gasteiger partial charge in [-0.05, 0) is 68.8 Å². The Morgan fingerprint density at radius 3 is 2.50 bits per heavy atom. The van der Waals surface area contributed by atoms with Crippen LogP contribution in [-0.4, -0.2) is 21.0 Å². The zero-order valence-corrected chi connectivity index (χ0v) is 13.5. The van der Waals surface area contributed by atoms with Gasteiger partial charge in [0.05, 0.1) is 11.6 Å². The van der Waals surface area contributed by atoms with Gasteiger partial charge >= 0.3 is 0 Å². The molecule has 0 radical (unpaired) electrons. The zero-order chi connectivity index (χ0) is 14.7. The van der Waals surface area contributed by atoms with Crippen molar-refractivity contribution >= 4 is 0 Å². The van der Waals surface area contributed by atoms with Gasteiger partial charge in [-0.25, -0.2) is 0 Å². The molecule has 1 N–H and O–H groups in total. The predicted octanol–water partition coefficient (Wildman–Crippen LogP) is 3.83. The van der Waals surface area contributed by atoms with Gasteiger partial charge in [0.25, 0.3) is 0 Å². The number of aliphatic hydroxyl groups is 1. The molecule has 5 aliphatic carbocycles. The van der Waals surface area contributed by atoms with Crippen LogP contribution in [0.25, 0.3) is 0 Å². The maximum atomic E-state index is 10.5. The molecule has 1 heterocycles. The highest BCUT2D eigenvalue weighted by atomic mass is 16.3. The number of aliphatic hydroxyl groups excluding tert-OH is 1. The van der Waals surface area contributed by atoms with Crippen molar-refractivity contribution < 1.29 is 5.11 Å². The molecule has 22 heavy (non-hydrogen) atoms. The first kappa shape index (κ1) is 13.6. The highest BCUT2D eigenvalue weighted by molar-refractivity contribution is 5.16. The summed E-state index contributed by atoms with van der Waals surface area (Å²) in [7, 11) is 0. The van der Waals surface area contributed by atoms with E-state index in [9.17, 15) is 5.11 Å². The van der Waals surface area contributed by atoms with Crippen LogP contribution < -0.4 is 0 Å². The van der Waals surface area contributed by atoms with E-state index in [1.807, 2.05) is 6.20 Å². The Morgan fingerprint density at radius 2 is 1.77 bits per heavy atom. The van der Waals surface area contributed by atoms with Gasteiger partial charge < -0.3 is 5.11 Å². The second kappa shape index (κ2) is 4.83. The van der Waals surface area contributed by atoms with Crippen molar-refractivity contribution in [1.82, 2.24) is 9.78 Å². The molecule has 3 heteroatoms. The summed E-state index contributed by atoms with van der Waals surface area (Å²) in [4.78, 5) is 0. The van der Waals surface area contributed by atoms with Crippen LogP contribution in [0.15, 0.2) is 12.3 Å². The summed E-state index contributed by atoms with van der Waals surface area (Å²) in [5.74, 6) is 2.64. The minimum atomic E-state index is -0.0293. The summed E-state index contributed by atoms with van der Waals surface area (Å²) in [5, 5.41) is 15.4. The van der Waals surface area contributed by atoms with E-state index in [-0.39, 0.29) is 11.6 Å². The van der Waals surface area contributed by atoms with Crippen LogP contribution in [-0.2, 0) is 5.54 Å². The SMILES string of the molecule is OC1C2CC3CC1CC(n1nccc1C1CCCCC1)(C3)C2. The fraction of sp³-hybridized carbons (Fsp3) is 0.842. The summed E-state index contributed by atoms with van der Waals surface area (Å²) in [6.07, 6.45) is 15.1. The Morgan fingerprint density at radius 1 is 1.05 bits per heavy atom. The van der Waals surface area contributed by atoms with Gasteiger partial charge in [-0.2, -0.15) is 5.10 Å². The Bertz CT molecular complexity index is 544. The molecular weight excluding hydrogens is 272 g/mol. The lowest BCUT2D eigenvalue weighted by atomic mass is 9.51. The van der Waals surface area contributed by atoms with E-state index < -0.39 is 0 Å². The van der Waals surface area contributed by atoms with Crippen molar-refractivity contribution in [2.24, 2.45) is 17.8 Å². The average molecular weight is 300 g/mol. The minimum Gasteiger partial charge on any atom is -0.393 e. The number of hydrogen-bond acceptors (Lipinski definition) is 2. The second-order valence-corrected chi connectivity index (χ2v) is 8.69. The molecule has 1 aromatic heterocycles. The van der Waals surface area contributed by atoms with Crippen LogP contribution in [0.1, 0.15) is 75.8 Å². The number of hydrogen-bond donors (Lipinski definition) is 1. The van der Waals surface area contributed by atoms with E-state index in [4.69, 9.17) is 5.10 Å². The molecule has 1 aromatic rings. The Kier molecular flexibility index (Phi) is 2.99. The van der Waals surface area contributed by atoms with E-state index in [2.05, 4.69) is 10.7 Å². The summed E-state index contributed by atoms with van der Waals surface area (Å²) in [5.41, 5.74) is 1.75. The molecule has 3 nitrogen and oxygen atoms in total. The summed E-state index contributed by atoms with van der Waals surface area (Å²) >= 11 is 0.